The van der Waals surface area contributed by atoms with Crippen LogP contribution in [0.3, 0.4) is 0 Å². The average molecular weight is 365 g/mol. The van der Waals surface area contributed by atoms with Crippen molar-refractivity contribution < 1.29 is 13.2 Å². The number of rotatable bonds is 6. The molecule has 1 fully saturated rings. The second kappa shape index (κ2) is 8.12. The number of hydrogen-bond donors (Lipinski definition) is 1. The molecule has 1 saturated heterocycles. The van der Waals surface area contributed by atoms with Crippen LogP contribution in [0.2, 0.25) is 0 Å². The number of aryl methyl sites for hydroxylation is 2. The van der Waals surface area contributed by atoms with E-state index in [9.17, 15) is 13.2 Å². The van der Waals surface area contributed by atoms with Gasteiger partial charge in [-0.25, -0.2) is 8.42 Å². The first-order chi connectivity index (χ1) is 11.8. The Bertz CT molecular complexity index is 738. The molecule has 138 valence electrons. The van der Waals surface area contributed by atoms with Crippen molar-refractivity contribution in [3.8, 4) is 0 Å². The van der Waals surface area contributed by atoms with Gasteiger partial charge in [0.1, 0.15) is 0 Å². The van der Waals surface area contributed by atoms with Crippen molar-refractivity contribution in [2.24, 2.45) is 0 Å². The Morgan fingerprint density at radius 1 is 1.24 bits per heavy atom. The maximum absolute atomic E-state index is 12.8. The van der Waals surface area contributed by atoms with Crippen LogP contribution >= 0.6 is 0 Å². The highest BCUT2D eigenvalue weighted by Gasteiger charge is 2.31. The predicted octanol–water partition coefficient (Wildman–Crippen LogP) is 1.30. The van der Waals surface area contributed by atoms with Crippen LogP contribution in [0.1, 0.15) is 18.1 Å². The normalized spacial score (nSPS) is 17.9. The maximum Gasteiger partial charge on any atom is 0.243 e. The summed E-state index contributed by atoms with van der Waals surface area (Å²) in [7, 11) is -3.49. The molecular weight excluding hydrogens is 338 g/mol. The van der Waals surface area contributed by atoms with Gasteiger partial charge in [0.2, 0.25) is 15.9 Å². The number of hydrogen-bond acceptors (Lipinski definition) is 4. The molecule has 2 rings (SSSR count). The average Bonchev–Trinajstić information content (AvgIpc) is 2.61. The minimum atomic E-state index is -3.49. The number of piperazine rings is 1. The quantitative estimate of drug-likeness (QED) is 0.772. The second-order valence-electron chi connectivity index (χ2n) is 6.40. The number of carbonyl (C=O) groups is 1. The van der Waals surface area contributed by atoms with Gasteiger partial charge in [-0.3, -0.25) is 9.69 Å². The minimum absolute atomic E-state index is 0.0645. The fourth-order valence-corrected chi connectivity index (χ4v) is 4.35. The van der Waals surface area contributed by atoms with Crippen molar-refractivity contribution in [3.63, 3.8) is 0 Å². The summed E-state index contributed by atoms with van der Waals surface area (Å²) in [5.74, 6) is -0.0645. The molecule has 1 amide bonds. The van der Waals surface area contributed by atoms with Crippen molar-refractivity contribution in [1.29, 1.82) is 0 Å². The number of benzene rings is 1. The lowest BCUT2D eigenvalue weighted by molar-refractivity contribution is -0.126. The molecule has 25 heavy (non-hydrogen) atoms. The molecule has 1 heterocycles. The van der Waals surface area contributed by atoms with E-state index in [1.807, 2.05) is 31.7 Å². The molecule has 0 bridgehead atoms. The van der Waals surface area contributed by atoms with Crippen molar-refractivity contribution in [2.75, 3.05) is 32.7 Å². The first-order valence-electron chi connectivity index (χ1n) is 8.47. The summed E-state index contributed by atoms with van der Waals surface area (Å²) in [6, 6.07) is 4.94. The molecule has 0 aromatic heterocycles. The Balaban J connectivity index is 2.02. The largest absolute Gasteiger partial charge is 0.351 e. The number of nitrogens with one attached hydrogen (secondary N) is 1. The molecule has 0 saturated carbocycles. The SMILES string of the molecule is C=CCNC(=O)C(C)N1CCN(S(=O)(=O)c2ccc(C)c(C)c2)CC1. The van der Waals surface area contributed by atoms with Crippen molar-refractivity contribution >= 4 is 15.9 Å². The third-order valence-corrected chi connectivity index (χ3v) is 6.63. The molecule has 0 aliphatic carbocycles. The fraction of sp³-hybridized carbons (Fsp3) is 0.500. The Morgan fingerprint density at radius 3 is 2.44 bits per heavy atom. The number of amides is 1. The van der Waals surface area contributed by atoms with Crippen molar-refractivity contribution in [2.45, 2.75) is 31.7 Å². The topological polar surface area (TPSA) is 69.7 Å². The summed E-state index contributed by atoms with van der Waals surface area (Å²) in [5, 5.41) is 2.78. The van der Waals surface area contributed by atoms with Crippen LogP contribution in [0.25, 0.3) is 0 Å². The highest BCUT2D eigenvalue weighted by molar-refractivity contribution is 7.89. The molecule has 1 aliphatic heterocycles. The zero-order valence-electron chi connectivity index (χ0n) is 15.2. The van der Waals surface area contributed by atoms with Gasteiger partial charge in [0.15, 0.2) is 0 Å². The van der Waals surface area contributed by atoms with Gasteiger partial charge < -0.3 is 5.32 Å². The van der Waals surface area contributed by atoms with Crippen LogP contribution in [-0.2, 0) is 14.8 Å². The van der Waals surface area contributed by atoms with Crippen LogP contribution in [0.15, 0.2) is 35.7 Å². The highest BCUT2D eigenvalue weighted by atomic mass is 32.2. The standard InChI is InChI=1S/C18H27N3O3S/c1-5-8-19-18(22)16(4)20-9-11-21(12-10-20)25(23,24)17-7-6-14(2)15(3)13-17/h5-7,13,16H,1,8-12H2,2-4H3,(H,19,22). The lowest BCUT2D eigenvalue weighted by atomic mass is 10.1. The fourth-order valence-electron chi connectivity index (χ4n) is 2.84. The third-order valence-electron chi connectivity index (χ3n) is 4.74. The Morgan fingerprint density at radius 2 is 1.88 bits per heavy atom. The predicted molar refractivity (Wildman–Crippen MR) is 98.9 cm³/mol. The van der Waals surface area contributed by atoms with Gasteiger partial charge in [0.25, 0.3) is 0 Å². The van der Waals surface area contributed by atoms with Gasteiger partial charge in [-0.1, -0.05) is 12.1 Å². The minimum Gasteiger partial charge on any atom is -0.351 e. The summed E-state index contributed by atoms with van der Waals surface area (Å²) in [4.78, 5) is 14.4. The van der Waals surface area contributed by atoms with Gasteiger partial charge in [0, 0.05) is 32.7 Å². The lowest BCUT2D eigenvalue weighted by Gasteiger charge is -2.36. The van der Waals surface area contributed by atoms with Gasteiger partial charge >= 0.3 is 0 Å². The molecule has 7 heteroatoms. The zero-order valence-corrected chi connectivity index (χ0v) is 16.0. The van der Waals surface area contributed by atoms with E-state index in [-0.39, 0.29) is 11.9 Å². The van der Waals surface area contributed by atoms with E-state index in [0.29, 0.717) is 37.6 Å². The number of nitrogens with zero attached hydrogens (tertiary/aromatic N) is 2. The molecule has 1 atom stereocenters. The maximum atomic E-state index is 12.8. The van der Waals surface area contributed by atoms with Crippen LogP contribution in [-0.4, -0.2) is 62.3 Å². The molecule has 1 N–H and O–H groups in total. The molecule has 6 nitrogen and oxygen atoms in total. The first kappa shape index (κ1) is 19.6. The number of sulfonamides is 1. The Hall–Kier alpha value is -1.70. The van der Waals surface area contributed by atoms with Crippen LogP contribution in [0.4, 0.5) is 0 Å². The van der Waals surface area contributed by atoms with E-state index < -0.39 is 10.0 Å². The molecule has 1 aromatic carbocycles. The van der Waals surface area contributed by atoms with E-state index in [1.165, 1.54) is 4.31 Å². The van der Waals surface area contributed by atoms with Crippen molar-refractivity contribution in [3.05, 3.63) is 42.0 Å². The molecular formula is C18H27N3O3S. The van der Waals surface area contributed by atoms with Gasteiger partial charge in [-0.15, -0.1) is 6.58 Å². The van der Waals surface area contributed by atoms with Crippen LogP contribution < -0.4 is 5.32 Å². The summed E-state index contributed by atoms with van der Waals surface area (Å²) in [6.07, 6.45) is 1.64. The van der Waals surface area contributed by atoms with E-state index in [0.717, 1.165) is 11.1 Å². The van der Waals surface area contributed by atoms with E-state index >= 15 is 0 Å². The van der Waals surface area contributed by atoms with Crippen LogP contribution in [0.5, 0.6) is 0 Å². The third kappa shape index (κ3) is 4.48. The molecule has 0 spiro atoms. The Kier molecular flexibility index (Phi) is 6.37. The molecule has 0 radical (unpaired) electrons. The summed E-state index contributed by atoms with van der Waals surface area (Å²) in [6.45, 7) is 11.6. The zero-order chi connectivity index (χ0) is 18.6. The van der Waals surface area contributed by atoms with Gasteiger partial charge in [-0.2, -0.15) is 4.31 Å². The Labute approximate surface area is 150 Å². The molecule has 1 aliphatic rings. The smallest absolute Gasteiger partial charge is 0.243 e. The van der Waals surface area contributed by atoms with Gasteiger partial charge in [-0.05, 0) is 44.0 Å². The van der Waals surface area contributed by atoms with E-state index in [4.69, 9.17) is 0 Å². The molecule has 1 aromatic rings. The van der Waals surface area contributed by atoms with Crippen LogP contribution in [0, 0.1) is 13.8 Å². The summed E-state index contributed by atoms with van der Waals surface area (Å²) >= 11 is 0. The van der Waals surface area contributed by atoms with E-state index in [1.54, 1.807) is 18.2 Å². The van der Waals surface area contributed by atoms with Crippen molar-refractivity contribution in [1.82, 2.24) is 14.5 Å². The summed E-state index contributed by atoms with van der Waals surface area (Å²) < 4.78 is 27.1. The first-order valence-corrected chi connectivity index (χ1v) is 9.91. The summed E-state index contributed by atoms with van der Waals surface area (Å²) in [5.41, 5.74) is 2.04. The molecule has 1 unspecified atom stereocenters. The second-order valence-corrected chi connectivity index (χ2v) is 8.33. The highest BCUT2D eigenvalue weighted by Crippen LogP contribution is 2.21. The number of carbonyl (C=O) groups excluding carboxylic acids is 1. The van der Waals surface area contributed by atoms with Gasteiger partial charge in [0.05, 0.1) is 10.9 Å². The monoisotopic (exact) mass is 365 g/mol. The van der Waals surface area contributed by atoms with E-state index in [2.05, 4.69) is 11.9 Å². The lowest BCUT2D eigenvalue weighted by Crippen LogP contribution is -2.54.